The van der Waals surface area contributed by atoms with E-state index < -0.39 is 4.92 Å². The van der Waals surface area contributed by atoms with E-state index in [4.69, 9.17) is 4.74 Å². The molecule has 2 aliphatic rings. The highest BCUT2D eigenvalue weighted by molar-refractivity contribution is 8.18. The lowest BCUT2D eigenvalue weighted by Gasteiger charge is -2.25. The molecular weight excluding hydrogens is 356 g/mol. The molecule has 0 spiro atoms. The number of thioether (sulfide) groups is 1. The van der Waals surface area contributed by atoms with Gasteiger partial charge in [0, 0.05) is 24.2 Å². The maximum Gasteiger partial charge on any atom is 0.293 e. The van der Waals surface area contributed by atoms with Crippen LogP contribution in [-0.4, -0.2) is 34.6 Å². The molecular formula is C18H20N2O5S. The van der Waals surface area contributed by atoms with E-state index in [1.807, 2.05) is 0 Å². The number of benzene rings is 1. The predicted octanol–water partition coefficient (Wildman–Crippen LogP) is 4.22. The monoisotopic (exact) mass is 376 g/mol. The molecule has 0 aromatic heterocycles. The summed E-state index contributed by atoms with van der Waals surface area (Å²) in [4.78, 5) is 37.0. The van der Waals surface area contributed by atoms with Gasteiger partial charge in [0.1, 0.15) is 5.75 Å². The number of imide groups is 1. The third-order valence-electron chi connectivity index (χ3n) is 4.75. The number of methoxy groups -OCH3 is 1. The third kappa shape index (κ3) is 3.90. The Morgan fingerprint density at radius 1 is 1.31 bits per heavy atom. The van der Waals surface area contributed by atoms with E-state index in [0.717, 1.165) is 37.4 Å². The summed E-state index contributed by atoms with van der Waals surface area (Å²) in [5.74, 6) is 0.442. The molecule has 1 heterocycles. The van der Waals surface area contributed by atoms with Crippen LogP contribution in [0.25, 0.3) is 6.08 Å². The van der Waals surface area contributed by atoms with Gasteiger partial charge in [0.05, 0.1) is 16.9 Å². The van der Waals surface area contributed by atoms with Gasteiger partial charge in [-0.05, 0) is 42.7 Å². The Labute approximate surface area is 155 Å². The zero-order valence-corrected chi connectivity index (χ0v) is 15.3. The van der Waals surface area contributed by atoms with Crippen LogP contribution in [0.3, 0.4) is 0 Å². The molecule has 1 aliphatic heterocycles. The fourth-order valence-electron chi connectivity index (χ4n) is 3.37. The van der Waals surface area contributed by atoms with E-state index in [1.54, 1.807) is 0 Å². The molecule has 8 heteroatoms. The molecule has 1 aromatic rings. The average molecular weight is 376 g/mol. The lowest BCUT2D eigenvalue weighted by atomic mass is 9.89. The van der Waals surface area contributed by atoms with Crippen LogP contribution in [0.2, 0.25) is 0 Å². The van der Waals surface area contributed by atoms with Crippen LogP contribution < -0.4 is 4.74 Å². The van der Waals surface area contributed by atoms with Crippen LogP contribution in [0, 0.1) is 16.0 Å². The lowest BCUT2D eigenvalue weighted by molar-refractivity contribution is -0.384. The first-order valence-electron chi connectivity index (χ1n) is 8.57. The Bertz CT molecular complexity index is 771. The number of nitro benzene ring substituents is 1. The second-order valence-corrected chi connectivity index (χ2v) is 7.47. The zero-order chi connectivity index (χ0) is 18.7. The summed E-state index contributed by atoms with van der Waals surface area (Å²) in [5.41, 5.74) is 0.309. The van der Waals surface area contributed by atoms with Crippen LogP contribution in [0.15, 0.2) is 23.1 Å². The summed E-state index contributed by atoms with van der Waals surface area (Å²) >= 11 is 0.872. The number of carbonyl (C=O) groups excluding carboxylic acids is 2. The highest BCUT2D eigenvalue weighted by atomic mass is 32.2. The van der Waals surface area contributed by atoms with Crippen LogP contribution in [0.4, 0.5) is 10.5 Å². The number of hydrogen-bond donors (Lipinski definition) is 0. The van der Waals surface area contributed by atoms with Crippen molar-refractivity contribution in [2.45, 2.75) is 32.1 Å². The first-order valence-corrected chi connectivity index (χ1v) is 9.39. The zero-order valence-electron chi connectivity index (χ0n) is 14.5. The first kappa shape index (κ1) is 18.4. The minimum Gasteiger partial charge on any atom is -0.496 e. The molecule has 1 saturated heterocycles. The molecule has 26 heavy (non-hydrogen) atoms. The molecule has 1 saturated carbocycles. The second-order valence-electron chi connectivity index (χ2n) is 6.48. The number of nitrogens with zero attached hydrogens (tertiary/aromatic N) is 2. The quantitative estimate of drug-likeness (QED) is 0.434. The number of non-ortho nitro benzene ring substituents is 1. The lowest BCUT2D eigenvalue weighted by Crippen LogP contribution is -2.34. The molecule has 138 valence electrons. The van der Waals surface area contributed by atoms with Gasteiger partial charge in [-0.15, -0.1) is 0 Å². The number of carbonyl (C=O) groups is 2. The summed E-state index contributed by atoms with van der Waals surface area (Å²) in [6.45, 7) is 0.452. The molecule has 0 radical (unpaired) electrons. The Morgan fingerprint density at radius 3 is 2.69 bits per heavy atom. The van der Waals surface area contributed by atoms with Crippen LogP contribution >= 0.6 is 11.8 Å². The molecule has 0 bridgehead atoms. The van der Waals surface area contributed by atoms with Crippen molar-refractivity contribution in [1.82, 2.24) is 4.90 Å². The molecule has 1 aromatic carbocycles. The van der Waals surface area contributed by atoms with Crippen molar-refractivity contribution in [1.29, 1.82) is 0 Å². The maximum atomic E-state index is 12.7. The summed E-state index contributed by atoms with van der Waals surface area (Å²) in [6.07, 6.45) is 7.07. The van der Waals surface area contributed by atoms with Gasteiger partial charge in [0.25, 0.3) is 16.8 Å². The number of ether oxygens (including phenoxy) is 1. The molecule has 3 rings (SSSR count). The predicted molar refractivity (Wildman–Crippen MR) is 98.9 cm³/mol. The van der Waals surface area contributed by atoms with E-state index in [9.17, 15) is 19.7 Å². The largest absolute Gasteiger partial charge is 0.496 e. The fraction of sp³-hybridized carbons (Fsp3) is 0.444. The smallest absolute Gasteiger partial charge is 0.293 e. The third-order valence-corrected chi connectivity index (χ3v) is 5.66. The Kier molecular flexibility index (Phi) is 5.61. The van der Waals surface area contributed by atoms with E-state index in [1.165, 1.54) is 42.7 Å². The van der Waals surface area contributed by atoms with Crippen LogP contribution in [0.5, 0.6) is 5.75 Å². The minimum atomic E-state index is -0.508. The van der Waals surface area contributed by atoms with Crippen molar-refractivity contribution >= 4 is 34.7 Å². The van der Waals surface area contributed by atoms with Gasteiger partial charge in [0.2, 0.25) is 0 Å². The van der Waals surface area contributed by atoms with Crippen LogP contribution in [-0.2, 0) is 4.79 Å². The standard InChI is InChI=1S/C18H20N2O5S/c1-25-15-8-7-14(20(23)24)9-13(15)10-16-17(21)19(18(22)26-16)11-12-5-3-2-4-6-12/h7-10,12H,2-6,11H2,1H3/b16-10+. The fourth-order valence-corrected chi connectivity index (χ4v) is 4.21. The van der Waals surface area contributed by atoms with Gasteiger partial charge >= 0.3 is 0 Å². The van der Waals surface area contributed by atoms with E-state index >= 15 is 0 Å². The maximum absolute atomic E-state index is 12.7. The van der Waals surface area contributed by atoms with Gasteiger partial charge in [-0.3, -0.25) is 24.6 Å². The highest BCUT2D eigenvalue weighted by Crippen LogP contribution is 2.36. The molecule has 2 amide bonds. The van der Waals surface area contributed by atoms with Gasteiger partial charge in [0.15, 0.2) is 0 Å². The van der Waals surface area contributed by atoms with Gasteiger partial charge in [-0.2, -0.15) is 0 Å². The molecule has 0 atom stereocenters. The van der Waals surface area contributed by atoms with Crippen LogP contribution in [0.1, 0.15) is 37.7 Å². The van der Waals surface area contributed by atoms with Gasteiger partial charge in [-0.1, -0.05) is 19.3 Å². The van der Waals surface area contributed by atoms with Crippen molar-refractivity contribution in [3.63, 3.8) is 0 Å². The summed E-state index contributed by atoms with van der Waals surface area (Å²) < 4.78 is 5.21. The van der Waals surface area contributed by atoms with E-state index in [0.29, 0.717) is 23.8 Å². The van der Waals surface area contributed by atoms with Crippen molar-refractivity contribution < 1.29 is 19.2 Å². The van der Waals surface area contributed by atoms with Gasteiger partial charge in [-0.25, -0.2) is 0 Å². The SMILES string of the molecule is COc1ccc([N+](=O)[O-])cc1/C=C1/SC(=O)N(CC2CCCCC2)C1=O. The van der Waals surface area contributed by atoms with E-state index in [-0.39, 0.29) is 21.7 Å². The highest BCUT2D eigenvalue weighted by Gasteiger charge is 2.36. The van der Waals surface area contributed by atoms with Crippen molar-refractivity contribution in [2.75, 3.05) is 13.7 Å². The molecule has 0 unspecified atom stereocenters. The van der Waals surface area contributed by atoms with Crippen molar-refractivity contribution in [3.05, 3.63) is 38.8 Å². The molecule has 7 nitrogen and oxygen atoms in total. The molecule has 1 aliphatic carbocycles. The average Bonchev–Trinajstić information content (AvgIpc) is 2.90. The summed E-state index contributed by atoms with van der Waals surface area (Å²) in [5, 5.41) is 10.7. The topological polar surface area (TPSA) is 89.8 Å². The first-order chi connectivity index (χ1) is 12.5. The Balaban J connectivity index is 1.83. The minimum absolute atomic E-state index is 0.0986. The van der Waals surface area contributed by atoms with E-state index in [2.05, 4.69) is 0 Å². The van der Waals surface area contributed by atoms with Gasteiger partial charge < -0.3 is 4.74 Å². The molecule has 2 fully saturated rings. The number of nitro groups is 1. The second kappa shape index (κ2) is 7.90. The van der Waals surface area contributed by atoms with Crippen molar-refractivity contribution in [3.8, 4) is 5.75 Å². The number of rotatable bonds is 5. The number of amides is 2. The van der Waals surface area contributed by atoms with Crippen molar-refractivity contribution in [2.24, 2.45) is 5.92 Å². The Hall–Kier alpha value is -2.35. The number of hydrogen-bond acceptors (Lipinski definition) is 6. The Morgan fingerprint density at radius 2 is 2.04 bits per heavy atom. The molecule has 0 N–H and O–H groups in total. The summed E-state index contributed by atoms with van der Waals surface area (Å²) in [6, 6.07) is 4.16. The summed E-state index contributed by atoms with van der Waals surface area (Å²) in [7, 11) is 1.45. The normalized spacial score (nSPS) is 20.0.